The monoisotopic (exact) mass is 373 g/mol. The zero-order valence-electron chi connectivity index (χ0n) is 13.1. The van der Waals surface area contributed by atoms with Crippen LogP contribution in [0.5, 0.6) is 0 Å². The summed E-state index contributed by atoms with van der Waals surface area (Å²) in [5.74, 6) is 0.718. The molecular weight excluding hydrogens is 358 g/mol. The smallest absolute Gasteiger partial charge is 0.291 e. The van der Waals surface area contributed by atoms with E-state index in [1.54, 1.807) is 12.3 Å². The van der Waals surface area contributed by atoms with Crippen LogP contribution < -0.4 is 10.2 Å². The molecule has 2 heterocycles. The van der Waals surface area contributed by atoms with Crippen LogP contribution in [0.3, 0.4) is 0 Å². The lowest BCUT2D eigenvalue weighted by Gasteiger charge is -2.15. The molecule has 0 aliphatic carbocycles. The fraction of sp³-hybridized carbons (Fsp3) is 0.176. The summed E-state index contributed by atoms with van der Waals surface area (Å²) in [6.07, 6.45) is 1.69. The van der Waals surface area contributed by atoms with Crippen molar-refractivity contribution in [3.8, 4) is 0 Å². The van der Waals surface area contributed by atoms with Crippen molar-refractivity contribution < 1.29 is 9.21 Å². The number of anilines is 2. The molecule has 1 amide bonds. The summed E-state index contributed by atoms with van der Waals surface area (Å²) in [4.78, 5) is 18.7. The minimum Gasteiger partial charge on any atom is -0.451 e. The highest BCUT2D eigenvalue weighted by Crippen LogP contribution is 2.29. The predicted octanol–water partition coefficient (Wildman–Crippen LogP) is 4.22. The van der Waals surface area contributed by atoms with Crippen LogP contribution in [0.4, 0.5) is 11.5 Å². The van der Waals surface area contributed by atoms with Gasteiger partial charge in [-0.3, -0.25) is 4.79 Å². The zero-order chi connectivity index (χ0) is 16.6. The number of amides is 1. The summed E-state index contributed by atoms with van der Waals surface area (Å²) in [6.45, 7) is 1.88. The minimum absolute atomic E-state index is 0.286. The number of fused-ring (bicyclic) bond motifs is 1. The van der Waals surface area contributed by atoms with E-state index in [1.165, 1.54) is 0 Å². The Morgan fingerprint density at radius 2 is 2.09 bits per heavy atom. The average molecular weight is 374 g/mol. The highest BCUT2D eigenvalue weighted by atomic mass is 79.9. The molecular formula is C17H16BrN3O2. The Balaban J connectivity index is 1.97. The van der Waals surface area contributed by atoms with Gasteiger partial charge in [-0.25, -0.2) is 4.98 Å². The first-order valence-corrected chi connectivity index (χ1v) is 7.89. The number of benzene rings is 1. The first-order chi connectivity index (χ1) is 11.0. The van der Waals surface area contributed by atoms with Gasteiger partial charge >= 0.3 is 0 Å². The summed E-state index contributed by atoms with van der Waals surface area (Å²) in [6, 6.07) is 9.27. The van der Waals surface area contributed by atoms with E-state index in [4.69, 9.17) is 4.42 Å². The second-order valence-electron chi connectivity index (χ2n) is 5.42. The molecule has 0 aliphatic rings. The maximum Gasteiger partial charge on any atom is 0.291 e. The van der Waals surface area contributed by atoms with E-state index in [9.17, 15) is 4.79 Å². The summed E-state index contributed by atoms with van der Waals surface area (Å²) < 4.78 is 6.67. The summed E-state index contributed by atoms with van der Waals surface area (Å²) in [7, 11) is 3.75. The van der Waals surface area contributed by atoms with Gasteiger partial charge in [-0.1, -0.05) is 15.9 Å². The van der Waals surface area contributed by atoms with Gasteiger partial charge in [0.05, 0.1) is 5.69 Å². The van der Waals surface area contributed by atoms with E-state index >= 15 is 0 Å². The number of carbonyl (C=O) groups excluding carboxylic acids is 1. The lowest BCUT2D eigenvalue weighted by Crippen LogP contribution is -2.17. The molecule has 0 saturated heterocycles. The van der Waals surface area contributed by atoms with Crippen molar-refractivity contribution in [2.45, 2.75) is 6.92 Å². The Bertz CT molecular complexity index is 887. The van der Waals surface area contributed by atoms with Crippen LogP contribution in [0.15, 0.2) is 45.4 Å². The number of rotatable bonds is 3. The number of furan rings is 1. The van der Waals surface area contributed by atoms with Crippen molar-refractivity contribution in [3.63, 3.8) is 0 Å². The quantitative estimate of drug-likeness (QED) is 0.746. The molecule has 23 heavy (non-hydrogen) atoms. The largest absolute Gasteiger partial charge is 0.451 e. The number of pyridine rings is 1. The second kappa shape index (κ2) is 6.04. The van der Waals surface area contributed by atoms with Crippen LogP contribution in [0.1, 0.15) is 16.1 Å². The highest BCUT2D eigenvalue weighted by Gasteiger charge is 2.19. The number of carbonyl (C=O) groups is 1. The van der Waals surface area contributed by atoms with Crippen molar-refractivity contribution in [2.24, 2.45) is 0 Å². The molecule has 0 fully saturated rings. The van der Waals surface area contributed by atoms with Gasteiger partial charge in [-0.05, 0) is 37.3 Å². The van der Waals surface area contributed by atoms with Crippen LogP contribution in [0.25, 0.3) is 11.0 Å². The van der Waals surface area contributed by atoms with Gasteiger partial charge in [0.25, 0.3) is 5.91 Å². The number of hydrogen-bond donors (Lipinski definition) is 1. The lowest BCUT2D eigenvalue weighted by molar-refractivity contribution is 0.0998. The molecule has 0 unspecified atom stereocenters. The molecule has 0 aliphatic heterocycles. The molecule has 0 spiro atoms. The fourth-order valence-electron chi connectivity index (χ4n) is 2.44. The van der Waals surface area contributed by atoms with Gasteiger partial charge in [0.2, 0.25) is 0 Å². The molecule has 0 atom stereocenters. The minimum atomic E-state index is -0.286. The van der Waals surface area contributed by atoms with Gasteiger partial charge < -0.3 is 14.6 Å². The van der Waals surface area contributed by atoms with Gasteiger partial charge in [0.15, 0.2) is 11.6 Å². The lowest BCUT2D eigenvalue weighted by atomic mass is 10.1. The Kier molecular flexibility index (Phi) is 4.09. The first kappa shape index (κ1) is 15.6. The molecule has 3 aromatic rings. The average Bonchev–Trinajstić information content (AvgIpc) is 2.84. The Labute approximate surface area is 142 Å². The molecule has 3 rings (SSSR count). The Morgan fingerprint density at radius 1 is 1.30 bits per heavy atom. The van der Waals surface area contributed by atoms with Gasteiger partial charge in [0.1, 0.15) is 5.58 Å². The third-order valence-electron chi connectivity index (χ3n) is 3.56. The second-order valence-corrected chi connectivity index (χ2v) is 6.34. The number of aromatic nitrogens is 1. The molecule has 6 heteroatoms. The molecule has 2 aromatic heterocycles. The van der Waals surface area contributed by atoms with Crippen LogP contribution in [0.2, 0.25) is 0 Å². The highest BCUT2D eigenvalue weighted by molar-refractivity contribution is 9.10. The molecule has 0 radical (unpaired) electrons. The normalized spacial score (nSPS) is 10.8. The van der Waals surface area contributed by atoms with E-state index < -0.39 is 0 Å². The fourth-order valence-corrected chi connectivity index (χ4v) is 2.80. The first-order valence-electron chi connectivity index (χ1n) is 7.09. The predicted molar refractivity (Wildman–Crippen MR) is 95.2 cm³/mol. The number of aryl methyl sites for hydroxylation is 1. The summed E-state index contributed by atoms with van der Waals surface area (Å²) >= 11 is 3.44. The third-order valence-corrected chi connectivity index (χ3v) is 4.06. The van der Waals surface area contributed by atoms with Crippen molar-refractivity contribution >= 4 is 44.3 Å². The molecule has 1 N–H and O–H groups in total. The number of nitrogens with zero attached hydrogens (tertiary/aromatic N) is 2. The van der Waals surface area contributed by atoms with Crippen LogP contribution in [-0.4, -0.2) is 25.0 Å². The van der Waals surface area contributed by atoms with E-state index in [-0.39, 0.29) is 5.91 Å². The number of halogens is 1. The van der Waals surface area contributed by atoms with Crippen molar-refractivity contribution in [2.75, 3.05) is 24.3 Å². The van der Waals surface area contributed by atoms with E-state index in [0.717, 1.165) is 15.4 Å². The summed E-state index contributed by atoms with van der Waals surface area (Å²) in [5, 5.41) is 3.80. The molecule has 118 valence electrons. The third kappa shape index (κ3) is 2.94. The SMILES string of the molecule is Cc1c(C(=O)Nc2cccnc2N(C)C)oc2ccc(Br)cc12. The Morgan fingerprint density at radius 3 is 2.83 bits per heavy atom. The topological polar surface area (TPSA) is 58.4 Å². The maximum atomic E-state index is 12.6. The van der Waals surface area contributed by atoms with E-state index in [1.807, 2.05) is 50.2 Å². The zero-order valence-corrected chi connectivity index (χ0v) is 14.6. The van der Waals surface area contributed by atoms with Gasteiger partial charge in [-0.2, -0.15) is 0 Å². The summed E-state index contributed by atoms with van der Waals surface area (Å²) in [5.41, 5.74) is 2.15. The van der Waals surface area contributed by atoms with Crippen LogP contribution in [-0.2, 0) is 0 Å². The van der Waals surface area contributed by atoms with Crippen molar-refractivity contribution in [3.05, 3.63) is 52.3 Å². The van der Waals surface area contributed by atoms with Gasteiger partial charge in [0, 0.05) is 35.7 Å². The molecule has 5 nitrogen and oxygen atoms in total. The maximum absolute atomic E-state index is 12.6. The van der Waals surface area contributed by atoms with E-state index in [0.29, 0.717) is 22.8 Å². The van der Waals surface area contributed by atoms with Crippen LogP contribution >= 0.6 is 15.9 Å². The van der Waals surface area contributed by atoms with E-state index in [2.05, 4.69) is 26.2 Å². The van der Waals surface area contributed by atoms with Crippen LogP contribution in [0, 0.1) is 6.92 Å². The number of hydrogen-bond acceptors (Lipinski definition) is 4. The standard InChI is InChI=1S/C17H16BrN3O2/c1-10-12-9-11(18)6-7-14(12)23-15(10)17(22)20-13-5-4-8-19-16(13)21(2)3/h4-9H,1-3H3,(H,20,22). The number of nitrogens with one attached hydrogen (secondary N) is 1. The Hall–Kier alpha value is -2.34. The molecule has 0 bridgehead atoms. The molecule has 0 saturated carbocycles. The molecule has 1 aromatic carbocycles. The van der Waals surface area contributed by atoms with Crippen molar-refractivity contribution in [1.82, 2.24) is 4.98 Å². The van der Waals surface area contributed by atoms with Gasteiger partial charge in [-0.15, -0.1) is 0 Å². The van der Waals surface area contributed by atoms with Crippen molar-refractivity contribution in [1.29, 1.82) is 0 Å².